The molecule has 0 bridgehead atoms. The molecule has 2 heterocycles. The lowest BCUT2D eigenvalue weighted by atomic mass is 9.60. The minimum atomic E-state index is -0.337. The summed E-state index contributed by atoms with van der Waals surface area (Å²) in [7, 11) is 0. The molecule has 2 aliphatic carbocycles. The van der Waals surface area contributed by atoms with Crippen molar-refractivity contribution in [2.45, 2.75) is 57.4 Å². The number of aromatic nitrogens is 2. The predicted octanol–water partition coefficient (Wildman–Crippen LogP) is 2.80. The van der Waals surface area contributed by atoms with Gasteiger partial charge in [-0.3, -0.25) is 4.90 Å². The number of nitrogen functional groups attached to an aromatic ring is 1. The van der Waals surface area contributed by atoms with Crippen LogP contribution in [0.5, 0.6) is 0 Å². The number of hydrogen-bond donors (Lipinski definition) is 1. The van der Waals surface area contributed by atoms with Gasteiger partial charge >= 0.3 is 0 Å². The number of halogens is 1. The smallest absolute Gasteiger partial charge is 0.220 e. The van der Waals surface area contributed by atoms with E-state index >= 15 is 0 Å². The van der Waals surface area contributed by atoms with E-state index in [1.807, 2.05) is 0 Å². The van der Waals surface area contributed by atoms with Crippen LogP contribution in [0.3, 0.4) is 0 Å². The van der Waals surface area contributed by atoms with Gasteiger partial charge in [-0.1, -0.05) is 19.3 Å². The molecule has 2 N–H and O–H groups in total. The summed E-state index contributed by atoms with van der Waals surface area (Å²) in [6.45, 7) is 3.90. The summed E-state index contributed by atoms with van der Waals surface area (Å²) in [6, 6.07) is 0.741. The van der Waals surface area contributed by atoms with Gasteiger partial charge in [0.1, 0.15) is 0 Å². The number of anilines is 1. The zero-order chi connectivity index (χ0) is 17.3. The van der Waals surface area contributed by atoms with Gasteiger partial charge in [0.25, 0.3) is 0 Å². The number of nitrogens with two attached hydrogens (primary N) is 1. The Morgan fingerprint density at radius 2 is 2.08 bits per heavy atom. The van der Waals surface area contributed by atoms with Crippen LogP contribution in [-0.4, -0.2) is 47.2 Å². The molecule has 6 heteroatoms. The highest BCUT2D eigenvalue weighted by Crippen LogP contribution is 2.49. The number of nitrogens with zero attached hydrogens (tertiary/aromatic N) is 3. The Morgan fingerprint density at radius 3 is 2.88 bits per heavy atom. The van der Waals surface area contributed by atoms with Gasteiger partial charge in [0.2, 0.25) is 5.95 Å². The molecular formula is C19H29FN4O. The van der Waals surface area contributed by atoms with E-state index in [0.29, 0.717) is 18.0 Å². The van der Waals surface area contributed by atoms with Crippen molar-refractivity contribution in [1.82, 2.24) is 14.9 Å². The topological polar surface area (TPSA) is 64.3 Å². The van der Waals surface area contributed by atoms with E-state index in [2.05, 4.69) is 14.9 Å². The molecule has 2 saturated carbocycles. The molecule has 3 fully saturated rings. The van der Waals surface area contributed by atoms with Crippen LogP contribution in [0.25, 0.3) is 0 Å². The van der Waals surface area contributed by atoms with Gasteiger partial charge in [-0.05, 0) is 38.0 Å². The number of ether oxygens (including phenoxy) is 1. The van der Waals surface area contributed by atoms with Crippen LogP contribution in [0.15, 0.2) is 6.20 Å². The van der Waals surface area contributed by atoms with Crippen molar-refractivity contribution >= 4 is 5.95 Å². The lowest BCUT2D eigenvalue weighted by Crippen LogP contribution is -2.51. The van der Waals surface area contributed by atoms with Crippen molar-refractivity contribution < 1.29 is 9.13 Å². The summed E-state index contributed by atoms with van der Waals surface area (Å²) in [5, 5.41) is 0. The second-order valence-electron chi connectivity index (χ2n) is 8.32. The molecular weight excluding hydrogens is 319 g/mol. The Balaban J connectivity index is 1.37. The molecule has 0 amide bonds. The van der Waals surface area contributed by atoms with E-state index < -0.39 is 0 Å². The maximum Gasteiger partial charge on any atom is 0.220 e. The lowest BCUT2D eigenvalue weighted by Gasteiger charge is -2.50. The first-order chi connectivity index (χ1) is 12.1. The molecule has 0 aromatic carbocycles. The van der Waals surface area contributed by atoms with Crippen LogP contribution in [0.2, 0.25) is 0 Å². The molecule has 1 aromatic rings. The molecule has 1 spiro atoms. The lowest BCUT2D eigenvalue weighted by molar-refractivity contribution is -0.0350. The Hall–Kier alpha value is -1.27. The predicted molar refractivity (Wildman–Crippen MR) is 94.5 cm³/mol. The third kappa shape index (κ3) is 3.80. The molecule has 0 radical (unpaired) electrons. The summed E-state index contributed by atoms with van der Waals surface area (Å²) in [6.07, 6.45) is 10.8. The SMILES string of the molecule is Nc1ncc(F)c(CC2CC3(COCCN(C4CCCCC4)C3)C2)n1. The van der Waals surface area contributed by atoms with E-state index in [0.717, 1.165) is 45.2 Å². The summed E-state index contributed by atoms with van der Waals surface area (Å²) in [4.78, 5) is 10.5. The van der Waals surface area contributed by atoms with Crippen molar-refractivity contribution in [2.75, 3.05) is 32.0 Å². The first kappa shape index (κ1) is 17.2. The first-order valence-corrected chi connectivity index (χ1v) is 9.72. The van der Waals surface area contributed by atoms with Crippen molar-refractivity contribution in [2.24, 2.45) is 11.3 Å². The minimum absolute atomic E-state index is 0.159. The maximum atomic E-state index is 13.9. The fourth-order valence-electron chi connectivity index (χ4n) is 5.17. The zero-order valence-corrected chi connectivity index (χ0v) is 14.9. The van der Waals surface area contributed by atoms with E-state index in [4.69, 9.17) is 10.5 Å². The minimum Gasteiger partial charge on any atom is -0.379 e. The Labute approximate surface area is 149 Å². The molecule has 3 aliphatic rings. The molecule has 1 aromatic heterocycles. The number of hydrogen-bond acceptors (Lipinski definition) is 5. The molecule has 1 aliphatic heterocycles. The van der Waals surface area contributed by atoms with Gasteiger partial charge in [-0.25, -0.2) is 14.4 Å². The fourth-order valence-corrected chi connectivity index (χ4v) is 5.17. The summed E-state index contributed by atoms with van der Waals surface area (Å²) < 4.78 is 19.8. The van der Waals surface area contributed by atoms with Gasteiger partial charge in [0.05, 0.1) is 25.1 Å². The Morgan fingerprint density at radius 1 is 1.28 bits per heavy atom. The van der Waals surface area contributed by atoms with Crippen molar-refractivity contribution in [1.29, 1.82) is 0 Å². The quantitative estimate of drug-likeness (QED) is 0.910. The standard InChI is InChI=1S/C19H29FN4O/c20-16-11-22-18(21)23-17(16)8-14-9-19(10-14)12-24(6-7-25-13-19)15-4-2-1-3-5-15/h11,14-15H,1-10,12-13H2,(H2,21,22,23). The van der Waals surface area contributed by atoms with Gasteiger partial charge in [0.15, 0.2) is 5.82 Å². The second-order valence-corrected chi connectivity index (χ2v) is 8.32. The van der Waals surface area contributed by atoms with Crippen LogP contribution in [-0.2, 0) is 11.2 Å². The highest BCUT2D eigenvalue weighted by atomic mass is 19.1. The van der Waals surface area contributed by atoms with Crippen molar-refractivity contribution in [3.8, 4) is 0 Å². The van der Waals surface area contributed by atoms with Crippen molar-refractivity contribution in [3.05, 3.63) is 17.7 Å². The van der Waals surface area contributed by atoms with Crippen LogP contribution >= 0.6 is 0 Å². The van der Waals surface area contributed by atoms with Gasteiger partial charge in [0, 0.05) is 24.5 Å². The molecule has 25 heavy (non-hydrogen) atoms. The summed E-state index contributed by atoms with van der Waals surface area (Å²) >= 11 is 0. The van der Waals surface area contributed by atoms with Gasteiger partial charge < -0.3 is 10.5 Å². The third-order valence-electron chi connectivity index (χ3n) is 6.32. The highest BCUT2D eigenvalue weighted by molar-refractivity contribution is 5.19. The van der Waals surface area contributed by atoms with E-state index in [1.165, 1.54) is 38.3 Å². The summed E-state index contributed by atoms with van der Waals surface area (Å²) in [5.74, 6) is 0.293. The first-order valence-electron chi connectivity index (χ1n) is 9.72. The van der Waals surface area contributed by atoms with E-state index in [-0.39, 0.29) is 17.2 Å². The average molecular weight is 348 g/mol. The van der Waals surface area contributed by atoms with Gasteiger partial charge in [-0.2, -0.15) is 0 Å². The van der Waals surface area contributed by atoms with Crippen LogP contribution in [0.4, 0.5) is 10.3 Å². The third-order valence-corrected chi connectivity index (χ3v) is 6.32. The van der Waals surface area contributed by atoms with Crippen LogP contribution in [0, 0.1) is 17.2 Å². The fraction of sp³-hybridized carbons (Fsp3) is 0.789. The second kappa shape index (κ2) is 7.16. The monoisotopic (exact) mass is 348 g/mol. The molecule has 5 nitrogen and oxygen atoms in total. The molecule has 1 saturated heterocycles. The van der Waals surface area contributed by atoms with Gasteiger partial charge in [-0.15, -0.1) is 0 Å². The largest absolute Gasteiger partial charge is 0.379 e. The van der Waals surface area contributed by atoms with E-state index in [9.17, 15) is 4.39 Å². The van der Waals surface area contributed by atoms with Crippen LogP contribution < -0.4 is 5.73 Å². The molecule has 4 rings (SSSR count). The normalized spacial score (nSPS) is 31.6. The van der Waals surface area contributed by atoms with Crippen molar-refractivity contribution in [3.63, 3.8) is 0 Å². The number of rotatable bonds is 3. The highest BCUT2D eigenvalue weighted by Gasteiger charge is 2.47. The van der Waals surface area contributed by atoms with Crippen LogP contribution in [0.1, 0.15) is 50.6 Å². The molecule has 0 unspecified atom stereocenters. The molecule has 0 atom stereocenters. The average Bonchev–Trinajstić information content (AvgIpc) is 2.82. The Kier molecular flexibility index (Phi) is 4.91. The summed E-state index contributed by atoms with van der Waals surface area (Å²) in [5.41, 5.74) is 6.33. The maximum absolute atomic E-state index is 13.9. The Bertz CT molecular complexity index is 599. The van der Waals surface area contributed by atoms with E-state index in [1.54, 1.807) is 0 Å². The zero-order valence-electron chi connectivity index (χ0n) is 14.9. The molecule has 138 valence electrons.